The van der Waals surface area contributed by atoms with Crippen molar-refractivity contribution in [1.82, 2.24) is 4.98 Å². The first-order valence-corrected chi connectivity index (χ1v) is 7.02. The van der Waals surface area contributed by atoms with Crippen molar-refractivity contribution in [2.75, 3.05) is 12.4 Å². The Bertz CT molecular complexity index is 529. The maximum absolute atomic E-state index is 5.11. The zero-order valence-corrected chi connectivity index (χ0v) is 11.2. The predicted molar refractivity (Wildman–Crippen MR) is 74.5 cm³/mol. The van der Waals surface area contributed by atoms with E-state index in [1.54, 1.807) is 17.6 Å². The van der Waals surface area contributed by atoms with Gasteiger partial charge in [-0.15, -0.1) is 11.3 Å². The molecule has 0 aliphatic heterocycles. The number of ether oxygens (including phenoxy) is 1. The van der Waals surface area contributed by atoms with Gasteiger partial charge in [-0.2, -0.15) is 4.98 Å². The largest absolute Gasteiger partial charge is 0.481 e. The Kier molecular flexibility index (Phi) is 3.19. The second kappa shape index (κ2) is 4.98. The molecule has 94 valence electrons. The maximum atomic E-state index is 5.11. The summed E-state index contributed by atoms with van der Waals surface area (Å²) < 4.78 is 5.11. The number of aryl methyl sites for hydroxylation is 2. The van der Waals surface area contributed by atoms with E-state index < -0.39 is 0 Å². The van der Waals surface area contributed by atoms with Crippen molar-refractivity contribution < 1.29 is 4.74 Å². The number of thiophene rings is 1. The van der Waals surface area contributed by atoms with Gasteiger partial charge < -0.3 is 10.1 Å². The van der Waals surface area contributed by atoms with Gasteiger partial charge in [-0.25, -0.2) is 0 Å². The molecule has 0 atom stereocenters. The molecule has 0 saturated heterocycles. The number of aromatic nitrogens is 1. The summed E-state index contributed by atoms with van der Waals surface area (Å²) in [5.74, 6) is 1.51. The van der Waals surface area contributed by atoms with Crippen molar-refractivity contribution >= 4 is 17.2 Å². The maximum Gasteiger partial charge on any atom is 0.214 e. The Labute approximate surface area is 111 Å². The van der Waals surface area contributed by atoms with E-state index in [1.165, 1.54) is 24.1 Å². The first-order valence-electron chi connectivity index (χ1n) is 6.20. The van der Waals surface area contributed by atoms with E-state index >= 15 is 0 Å². The van der Waals surface area contributed by atoms with Crippen LogP contribution in [0.15, 0.2) is 24.3 Å². The van der Waals surface area contributed by atoms with Crippen molar-refractivity contribution in [3.8, 4) is 5.88 Å². The molecule has 2 aromatic heterocycles. The highest BCUT2D eigenvalue weighted by Crippen LogP contribution is 2.30. The fraction of sp³-hybridized carbons (Fsp3) is 0.357. The Balaban J connectivity index is 1.66. The molecule has 2 aromatic rings. The molecule has 0 unspecified atom stereocenters. The average Bonchev–Trinajstić information content (AvgIpc) is 2.97. The number of methoxy groups -OCH3 is 1. The monoisotopic (exact) mass is 260 g/mol. The van der Waals surface area contributed by atoms with Gasteiger partial charge in [-0.05, 0) is 37.0 Å². The minimum atomic E-state index is 0.647. The SMILES string of the molecule is COc1cccc(NCc2cc3c(s2)CCC3)n1. The average molecular weight is 260 g/mol. The Morgan fingerprint density at radius 1 is 1.39 bits per heavy atom. The number of hydrogen-bond donors (Lipinski definition) is 1. The number of anilines is 1. The van der Waals surface area contributed by atoms with E-state index in [1.807, 2.05) is 29.5 Å². The van der Waals surface area contributed by atoms with E-state index in [0.29, 0.717) is 5.88 Å². The third-order valence-corrected chi connectivity index (χ3v) is 4.41. The molecule has 3 rings (SSSR count). The summed E-state index contributed by atoms with van der Waals surface area (Å²) in [6.07, 6.45) is 3.84. The summed E-state index contributed by atoms with van der Waals surface area (Å²) in [4.78, 5) is 7.31. The van der Waals surface area contributed by atoms with Gasteiger partial charge in [0.2, 0.25) is 5.88 Å². The number of pyridine rings is 1. The highest BCUT2D eigenvalue weighted by atomic mass is 32.1. The molecule has 3 nitrogen and oxygen atoms in total. The quantitative estimate of drug-likeness (QED) is 0.916. The standard InChI is InChI=1S/C14H16N2OS/c1-17-14-7-3-6-13(16-14)15-9-11-8-10-4-2-5-12(10)18-11/h3,6-8H,2,4-5,9H2,1H3,(H,15,16). The molecule has 0 bridgehead atoms. The summed E-state index contributed by atoms with van der Waals surface area (Å²) in [6, 6.07) is 8.09. The second-order valence-electron chi connectivity index (χ2n) is 4.43. The highest BCUT2D eigenvalue weighted by Gasteiger charge is 2.14. The van der Waals surface area contributed by atoms with Crippen molar-refractivity contribution in [1.29, 1.82) is 0 Å². The lowest BCUT2D eigenvalue weighted by molar-refractivity contribution is 0.398. The third kappa shape index (κ3) is 2.34. The Morgan fingerprint density at radius 3 is 3.17 bits per heavy atom. The van der Waals surface area contributed by atoms with Crippen LogP contribution >= 0.6 is 11.3 Å². The van der Waals surface area contributed by atoms with Crippen LogP contribution < -0.4 is 10.1 Å². The molecule has 2 heterocycles. The molecule has 0 radical (unpaired) electrons. The Morgan fingerprint density at radius 2 is 2.33 bits per heavy atom. The molecular formula is C14H16N2OS. The minimum Gasteiger partial charge on any atom is -0.481 e. The van der Waals surface area contributed by atoms with E-state index in [-0.39, 0.29) is 0 Å². The smallest absolute Gasteiger partial charge is 0.214 e. The fourth-order valence-electron chi connectivity index (χ4n) is 2.28. The molecule has 0 fully saturated rings. The summed E-state index contributed by atoms with van der Waals surface area (Å²) in [7, 11) is 1.63. The first-order chi connectivity index (χ1) is 8.85. The van der Waals surface area contributed by atoms with Crippen LogP contribution in [-0.2, 0) is 19.4 Å². The molecule has 0 aromatic carbocycles. The van der Waals surface area contributed by atoms with Crippen LogP contribution in [0.5, 0.6) is 5.88 Å². The lowest BCUT2D eigenvalue weighted by Gasteiger charge is -2.05. The zero-order valence-electron chi connectivity index (χ0n) is 10.4. The summed E-state index contributed by atoms with van der Waals surface area (Å²) in [5.41, 5.74) is 1.55. The summed E-state index contributed by atoms with van der Waals surface area (Å²) in [5, 5.41) is 3.34. The van der Waals surface area contributed by atoms with Crippen molar-refractivity contribution in [2.24, 2.45) is 0 Å². The number of hydrogen-bond acceptors (Lipinski definition) is 4. The van der Waals surface area contributed by atoms with Gasteiger partial charge in [-0.3, -0.25) is 0 Å². The van der Waals surface area contributed by atoms with Crippen LogP contribution in [0.1, 0.15) is 21.7 Å². The van der Waals surface area contributed by atoms with E-state index in [0.717, 1.165) is 12.4 Å². The number of rotatable bonds is 4. The van der Waals surface area contributed by atoms with Crippen LogP contribution in [0.2, 0.25) is 0 Å². The zero-order chi connectivity index (χ0) is 12.4. The van der Waals surface area contributed by atoms with E-state index in [9.17, 15) is 0 Å². The first kappa shape index (κ1) is 11.5. The Hall–Kier alpha value is -1.55. The van der Waals surface area contributed by atoms with Crippen LogP contribution in [0.3, 0.4) is 0 Å². The lowest BCUT2D eigenvalue weighted by atomic mass is 10.2. The molecule has 0 spiro atoms. The summed E-state index contributed by atoms with van der Waals surface area (Å²) in [6.45, 7) is 0.845. The second-order valence-corrected chi connectivity index (χ2v) is 5.65. The van der Waals surface area contributed by atoms with E-state index in [4.69, 9.17) is 4.74 Å². The van der Waals surface area contributed by atoms with Gasteiger partial charge in [0.15, 0.2) is 0 Å². The third-order valence-electron chi connectivity index (χ3n) is 3.17. The lowest BCUT2D eigenvalue weighted by Crippen LogP contribution is -2.00. The molecular weight excluding hydrogens is 244 g/mol. The van der Waals surface area contributed by atoms with Crippen molar-refractivity contribution in [3.63, 3.8) is 0 Å². The molecule has 0 amide bonds. The molecule has 18 heavy (non-hydrogen) atoms. The number of fused-ring (bicyclic) bond motifs is 1. The van der Waals surface area contributed by atoms with Crippen molar-refractivity contribution in [3.05, 3.63) is 39.6 Å². The van der Waals surface area contributed by atoms with Gasteiger partial charge >= 0.3 is 0 Å². The van der Waals surface area contributed by atoms with Gasteiger partial charge in [0.25, 0.3) is 0 Å². The van der Waals surface area contributed by atoms with Gasteiger partial charge in [0, 0.05) is 15.8 Å². The van der Waals surface area contributed by atoms with Crippen LogP contribution in [0, 0.1) is 0 Å². The summed E-state index contributed by atoms with van der Waals surface area (Å²) >= 11 is 1.93. The predicted octanol–water partition coefficient (Wildman–Crippen LogP) is 3.25. The normalized spacial score (nSPS) is 13.4. The van der Waals surface area contributed by atoms with E-state index in [2.05, 4.69) is 16.4 Å². The van der Waals surface area contributed by atoms with Crippen LogP contribution in [0.4, 0.5) is 5.82 Å². The number of nitrogens with zero attached hydrogens (tertiary/aromatic N) is 1. The van der Waals surface area contributed by atoms with Crippen LogP contribution in [-0.4, -0.2) is 12.1 Å². The molecule has 1 N–H and O–H groups in total. The highest BCUT2D eigenvalue weighted by molar-refractivity contribution is 7.12. The van der Waals surface area contributed by atoms with Crippen LogP contribution in [0.25, 0.3) is 0 Å². The van der Waals surface area contributed by atoms with Crippen molar-refractivity contribution in [2.45, 2.75) is 25.8 Å². The molecule has 1 aliphatic carbocycles. The topological polar surface area (TPSA) is 34.1 Å². The van der Waals surface area contributed by atoms with Gasteiger partial charge in [0.05, 0.1) is 13.7 Å². The number of nitrogens with one attached hydrogen (secondary N) is 1. The molecule has 0 saturated carbocycles. The minimum absolute atomic E-state index is 0.647. The van der Waals surface area contributed by atoms with Gasteiger partial charge in [-0.1, -0.05) is 6.07 Å². The molecule has 1 aliphatic rings. The van der Waals surface area contributed by atoms with Gasteiger partial charge in [0.1, 0.15) is 5.82 Å². The fourth-order valence-corrected chi connectivity index (χ4v) is 3.48. The molecule has 4 heteroatoms.